The number of fused-ring (bicyclic) bond motifs is 1. The molecule has 0 saturated carbocycles. The number of nitrogens with one attached hydrogen (secondary N) is 1. The van der Waals surface area contributed by atoms with Crippen LogP contribution < -0.4 is 5.32 Å². The van der Waals surface area contributed by atoms with Crippen LogP contribution >= 0.6 is 0 Å². The Morgan fingerprint density at radius 2 is 2.05 bits per heavy atom. The first-order valence-corrected chi connectivity index (χ1v) is 6.13. The molecule has 2 aromatic heterocycles. The monoisotopic (exact) mass is 268 g/mol. The summed E-state index contributed by atoms with van der Waals surface area (Å²) in [6.45, 7) is 0.418. The molecule has 2 N–H and O–H groups in total. The molecule has 0 aliphatic carbocycles. The number of pyridine rings is 1. The first-order chi connectivity index (χ1) is 9.74. The largest absolute Gasteiger partial charge is 0.475 e. The van der Waals surface area contributed by atoms with E-state index in [0.717, 1.165) is 16.6 Å². The molecule has 100 valence electrons. The highest BCUT2D eigenvalue weighted by Gasteiger charge is 2.09. The van der Waals surface area contributed by atoms with Crippen LogP contribution in [0.25, 0.3) is 10.9 Å². The minimum absolute atomic E-state index is 0.0543. The number of aromatic carboxylic acids is 1. The van der Waals surface area contributed by atoms with Crippen molar-refractivity contribution in [2.45, 2.75) is 6.54 Å². The van der Waals surface area contributed by atoms with Crippen molar-refractivity contribution >= 4 is 22.6 Å². The first-order valence-electron chi connectivity index (χ1n) is 6.13. The van der Waals surface area contributed by atoms with Gasteiger partial charge in [-0.15, -0.1) is 0 Å². The zero-order valence-electron chi connectivity index (χ0n) is 10.5. The summed E-state index contributed by atoms with van der Waals surface area (Å²) < 4.78 is 5.20. The van der Waals surface area contributed by atoms with E-state index in [9.17, 15) is 4.79 Å². The van der Waals surface area contributed by atoms with Gasteiger partial charge in [0.25, 0.3) is 0 Å². The average molecular weight is 268 g/mol. The fourth-order valence-electron chi connectivity index (χ4n) is 2.02. The Bertz CT molecular complexity index is 759. The second kappa shape index (κ2) is 5.05. The number of carboxylic acids is 1. The molecule has 0 saturated heterocycles. The van der Waals surface area contributed by atoms with E-state index >= 15 is 0 Å². The highest BCUT2D eigenvalue weighted by Crippen LogP contribution is 2.21. The predicted octanol–water partition coefficient (Wildman–Crippen LogP) is 3.14. The van der Waals surface area contributed by atoms with Gasteiger partial charge in [-0.3, -0.25) is 4.98 Å². The van der Waals surface area contributed by atoms with E-state index in [1.807, 2.05) is 30.3 Å². The number of benzene rings is 1. The average Bonchev–Trinajstić information content (AvgIpc) is 2.94. The third kappa shape index (κ3) is 2.33. The number of rotatable bonds is 4. The van der Waals surface area contributed by atoms with Gasteiger partial charge in [0, 0.05) is 17.3 Å². The number of aromatic nitrogens is 1. The number of hydrogen-bond acceptors (Lipinski definition) is 4. The molecule has 2 heterocycles. The predicted molar refractivity (Wildman–Crippen MR) is 74.7 cm³/mol. The van der Waals surface area contributed by atoms with E-state index in [-0.39, 0.29) is 5.76 Å². The molecule has 0 bridgehead atoms. The maximum Gasteiger partial charge on any atom is 0.371 e. The van der Waals surface area contributed by atoms with E-state index in [0.29, 0.717) is 12.3 Å². The molecule has 0 aliphatic rings. The Labute approximate surface area is 114 Å². The van der Waals surface area contributed by atoms with E-state index in [1.54, 1.807) is 12.3 Å². The molecule has 0 fully saturated rings. The van der Waals surface area contributed by atoms with Gasteiger partial charge in [-0.05, 0) is 24.3 Å². The Balaban J connectivity index is 1.81. The van der Waals surface area contributed by atoms with Crippen LogP contribution in [0.4, 0.5) is 5.69 Å². The molecule has 0 aliphatic heterocycles. The van der Waals surface area contributed by atoms with Crippen LogP contribution in [-0.4, -0.2) is 16.1 Å². The number of nitrogens with zero attached hydrogens (tertiary/aromatic N) is 1. The summed E-state index contributed by atoms with van der Waals surface area (Å²) in [4.78, 5) is 15.0. The second-order valence-electron chi connectivity index (χ2n) is 4.30. The first kappa shape index (κ1) is 12.2. The standard InChI is InChI=1S/C15H12N2O3/c18-15(19)14-6-5-10(20-14)9-17-13-7-8-16-12-4-2-1-3-11(12)13/h1-8H,9H2,(H,16,17)(H,18,19). The van der Waals surface area contributed by atoms with Gasteiger partial charge in [-0.1, -0.05) is 18.2 Å². The summed E-state index contributed by atoms with van der Waals surface area (Å²) in [6.07, 6.45) is 1.73. The van der Waals surface area contributed by atoms with Gasteiger partial charge in [0.1, 0.15) is 5.76 Å². The molecule has 0 amide bonds. The summed E-state index contributed by atoms with van der Waals surface area (Å²) in [7, 11) is 0. The molecule has 0 spiro atoms. The van der Waals surface area contributed by atoms with Crippen molar-refractivity contribution in [1.82, 2.24) is 4.98 Å². The number of para-hydroxylation sites is 1. The third-order valence-corrected chi connectivity index (χ3v) is 2.97. The van der Waals surface area contributed by atoms with E-state index < -0.39 is 5.97 Å². The van der Waals surface area contributed by atoms with Crippen molar-refractivity contribution in [3.8, 4) is 0 Å². The summed E-state index contributed by atoms with van der Waals surface area (Å²) in [5.41, 5.74) is 1.84. The van der Waals surface area contributed by atoms with Crippen molar-refractivity contribution in [2.75, 3.05) is 5.32 Å². The van der Waals surface area contributed by atoms with E-state index in [1.165, 1.54) is 6.07 Å². The van der Waals surface area contributed by atoms with E-state index in [2.05, 4.69) is 10.3 Å². The van der Waals surface area contributed by atoms with Gasteiger partial charge < -0.3 is 14.8 Å². The normalized spacial score (nSPS) is 10.6. The zero-order chi connectivity index (χ0) is 13.9. The van der Waals surface area contributed by atoms with Gasteiger partial charge in [-0.25, -0.2) is 4.79 Å². The molecule has 3 rings (SSSR count). The molecule has 3 aromatic rings. The summed E-state index contributed by atoms with van der Waals surface area (Å²) in [5, 5.41) is 13.0. The molecule has 0 radical (unpaired) electrons. The smallest absolute Gasteiger partial charge is 0.371 e. The number of anilines is 1. The lowest BCUT2D eigenvalue weighted by Crippen LogP contribution is -1.99. The summed E-state index contributed by atoms with van der Waals surface area (Å²) >= 11 is 0. The molecule has 0 unspecified atom stereocenters. The fraction of sp³-hybridized carbons (Fsp3) is 0.0667. The van der Waals surface area contributed by atoms with Crippen molar-refractivity contribution in [1.29, 1.82) is 0 Å². The lowest BCUT2D eigenvalue weighted by Gasteiger charge is -2.07. The molecular weight excluding hydrogens is 256 g/mol. The van der Waals surface area contributed by atoms with E-state index in [4.69, 9.17) is 9.52 Å². The van der Waals surface area contributed by atoms with Crippen molar-refractivity contribution in [2.24, 2.45) is 0 Å². The zero-order valence-corrected chi connectivity index (χ0v) is 10.5. The maximum absolute atomic E-state index is 10.7. The number of carboxylic acid groups (broad SMARTS) is 1. The molecular formula is C15H12N2O3. The van der Waals surface area contributed by atoms with Crippen LogP contribution in [0.3, 0.4) is 0 Å². The van der Waals surface area contributed by atoms with Gasteiger partial charge in [0.2, 0.25) is 5.76 Å². The lowest BCUT2D eigenvalue weighted by molar-refractivity contribution is 0.0660. The quantitative estimate of drug-likeness (QED) is 0.760. The van der Waals surface area contributed by atoms with Crippen LogP contribution in [-0.2, 0) is 6.54 Å². The second-order valence-corrected chi connectivity index (χ2v) is 4.30. The third-order valence-electron chi connectivity index (χ3n) is 2.97. The molecule has 5 heteroatoms. The molecule has 1 aromatic carbocycles. The van der Waals surface area contributed by atoms with Gasteiger partial charge in [0.05, 0.1) is 12.1 Å². The fourth-order valence-corrected chi connectivity index (χ4v) is 2.02. The number of carbonyl (C=O) groups is 1. The maximum atomic E-state index is 10.7. The highest BCUT2D eigenvalue weighted by molar-refractivity contribution is 5.90. The topological polar surface area (TPSA) is 75.4 Å². The van der Waals surface area contributed by atoms with Crippen LogP contribution in [0.15, 0.2) is 53.1 Å². The Morgan fingerprint density at radius 1 is 1.20 bits per heavy atom. The minimum Gasteiger partial charge on any atom is -0.475 e. The molecule has 5 nitrogen and oxygen atoms in total. The van der Waals surface area contributed by atoms with Crippen LogP contribution in [0.5, 0.6) is 0 Å². The molecule has 20 heavy (non-hydrogen) atoms. The van der Waals surface area contributed by atoms with Crippen LogP contribution in [0.1, 0.15) is 16.3 Å². The molecule has 0 atom stereocenters. The van der Waals surface area contributed by atoms with Crippen LogP contribution in [0.2, 0.25) is 0 Å². The Kier molecular flexibility index (Phi) is 3.09. The SMILES string of the molecule is O=C(O)c1ccc(CNc2ccnc3ccccc23)o1. The number of hydrogen-bond donors (Lipinski definition) is 2. The summed E-state index contributed by atoms with van der Waals surface area (Å²) in [6, 6.07) is 12.8. The van der Waals surface area contributed by atoms with Gasteiger partial charge >= 0.3 is 5.97 Å². The van der Waals surface area contributed by atoms with Crippen molar-refractivity contribution in [3.63, 3.8) is 0 Å². The Hall–Kier alpha value is -2.82. The van der Waals surface area contributed by atoms with Crippen molar-refractivity contribution in [3.05, 3.63) is 60.2 Å². The Morgan fingerprint density at radius 3 is 2.85 bits per heavy atom. The van der Waals surface area contributed by atoms with Gasteiger partial charge in [0.15, 0.2) is 0 Å². The minimum atomic E-state index is -1.06. The number of furan rings is 1. The van der Waals surface area contributed by atoms with Crippen molar-refractivity contribution < 1.29 is 14.3 Å². The summed E-state index contributed by atoms with van der Waals surface area (Å²) in [5.74, 6) is -0.546. The lowest BCUT2D eigenvalue weighted by atomic mass is 10.2. The highest BCUT2D eigenvalue weighted by atomic mass is 16.4. The van der Waals surface area contributed by atoms with Crippen LogP contribution in [0, 0.1) is 0 Å². The van der Waals surface area contributed by atoms with Gasteiger partial charge in [-0.2, -0.15) is 0 Å².